The van der Waals surface area contributed by atoms with E-state index in [1.165, 1.54) is 25.7 Å². The molecule has 0 aromatic heterocycles. The van der Waals surface area contributed by atoms with Gasteiger partial charge >= 0.3 is 0 Å². The second-order valence-electron chi connectivity index (χ2n) is 3.08. The zero-order valence-corrected chi connectivity index (χ0v) is 7.63. The summed E-state index contributed by atoms with van der Waals surface area (Å²) in [5.74, 6) is 0. The average Bonchev–Trinajstić information content (AvgIpc) is 2.05. The molecule has 0 fully saturated rings. The molecule has 0 heterocycles. The van der Waals surface area contributed by atoms with Crippen molar-refractivity contribution < 1.29 is 0 Å². The Morgan fingerprint density at radius 2 is 1.67 bits per heavy atom. The van der Waals surface area contributed by atoms with Crippen LogP contribution in [0.1, 0.15) is 38.5 Å². The summed E-state index contributed by atoms with van der Waals surface area (Å²) in [7, 11) is 0. The van der Waals surface area contributed by atoms with Crippen molar-refractivity contribution in [3.8, 4) is 0 Å². The van der Waals surface area contributed by atoms with Crippen LogP contribution < -0.4 is 0 Å². The van der Waals surface area contributed by atoms with Crippen molar-refractivity contribution in [2.24, 2.45) is 0 Å². The first-order valence-corrected chi connectivity index (χ1v) is 4.85. The first-order chi connectivity index (χ1) is 6.00. The van der Waals surface area contributed by atoms with E-state index >= 15 is 0 Å². The standard InChI is InChI=1S/C12H17/c1-2-4-6-8-10-12-11-9-7-5-3-1/h1-2,5,7,12H,3-4,6,8-10H2/b2-1-,7-5+,12-11?. The smallest absolute Gasteiger partial charge is 0.00978 e. The quantitative estimate of drug-likeness (QED) is 0.474. The first-order valence-electron chi connectivity index (χ1n) is 4.85. The maximum Gasteiger partial charge on any atom is -0.00978 e. The molecule has 65 valence electrons. The van der Waals surface area contributed by atoms with Crippen molar-refractivity contribution in [3.63, 3.8) is 0 Å². The monoisotopic (exact) mass is 161 g/mol. The minimum atomic E-state index is 0.980. The van der Waals surface area contributed by atoms with Gasteiger partial charge in [0.05, 0.1) is 0 Å². The van der Waals surface area contributed by atoms with Crippen LogP contribution in [0.15, 0.2) is 30.4 Å². The van der Waals surface area contributed by atoms with Crippen molar-refractivity contribution in [1.29, 1.82) is 0 Å². The van der Waals surface area contributed by atoms with E-state index in [1.54, 1.807) is 0 Å². The molecule has 0 aromatic carbocycles. The second-order valence-corrected chi connectivity index (χ2v) is 3.08. The molecule has 0 saturated heterocycles. The van der Waals surface area contributed by atoms with E-state index in [0.717, 1.165) is 12.8 Å². The molecule has 0 aromatic rings. The highest BCUT2D eigenvalue weighted by Crippen LogP contribution is 2.03. The van der Waals surface area contributed by atoms with Crippen molar-refractivity contribution in [1.82, 2.24) is 0 Å². The van der Waals surface area contributed by atoms with Gasteiger partial charge in [-0.3, -0.25) is 0 Å². The Kier molecular flexibility index (Phi) is 5.35. The number of allylic oxidation sites excluding steroid dienone is 6. The third kappa shape index (κ3) is 4.95. The van der Waals surface area contributed by atoms with Crippen LogP contribution in [0.3, 0.4) is 0 Å². The third-order valence-electron chi connectivity index (χ3n) is 1.95. The Bertz CT molecular complexity index is 152. The SMILES string of the molecule is [C]1=C/CCCC/C=C\C/C=C/C/1. The summed E-state index contributed by atoms with van der Waals surface area (Å²) in [6, 6.07) is 0. The molecule has 0 spiro atoms. The maximum atomic E-state index is 3.27. The highest BCUT2D eigenvalue weighted by Gasteiger charge is 1.84. The lowest BCUT2D eigenvalue weighted by molar-refractivity contribution is 0.759. The molecule has 1 radical (unpaired) electrons. The van der Waals surface area contributed by atoms with E-state index in [-0.39, 0.29) is 0 Å². The highest BCUT2D eigenvalue weighted by molar-refractivity contribution is 4.95. The van der Waals surface area contributed by atoms with Gasteiger partial charge in [0.25, 0.3) is 0 Å². The molecule has 0 unspecified atom stereocenters. The Balaban J connectivity index is 2.31. The lowest BCUT2D eigenvalue weighted by Gasteiger charge is -1.93. The minimum Gasteiger partial charge on any atom is -0.0882 e. The molecular formula is C12H17. The summed E-state index contributed by atoms with van der Waals surface area (Å²) in [5, 5.41) is 0. The molecule has 1 rings (SSSR count). The molecular weight excluding hydrogens is 144 g/mol. The van der Waals surface area contributed by atoms with Crippen molar-refractivity contribution in [2.45, 2.75) is 38.5 Å². The van der Waals surface area contributed by atoms with Crippen LogP contribution >= 0.6 is 0 Å². The zero-order chi connectivity index (χ0) is 8.49. The molecule has 0 N–H and O–H groups in total. The van der Waals surface area contributed by atoms with Crippen LogP contribution in [0.25, 0.3) is 0 Å². The van der Waals surface area contributed by atoms with Crippen LogP contribution in [0.4, 0.5) is 0 Å². The Labute approximate surface area is 75.7 Å². The number of rotatable bonds is 0. The van der Waals surface area contributed by atoms with Gasteiger partial charge in [0.1, 0.15) is 0 Å². The van der Waals surface area contributed by atoms with Gasteiger partial charge in [-0.05, 0) is 44.6 Å². The molecule has 0 heteroatoms. The van der Waals surface area contributed by atoms with Crippen molar-refractivity contribution in [3.05, 3.63) is 36.5 Å². The van der Waals surface area contributed by atoms with Crippen LogP contribution in [-0.4, -0.2) is 0 Å². The summed E-state index contributed by atoms with van der Waals surface area (Å²) in [5.41, 5.74) is 0. The van der Waals surface area contributed by atoms with Crippen LogP contribution in [-0.2, 0) is 0 Å². The first kappa shape index (κ1) is 9.31. The summed E-state index contributed by atoms with van der Waals surface area (Å²) in [6.45, 7) is 0. The number of hydrogen-bond donors (Lipinski definition) is 0. The van der Waals surface area contributed by atoms with E-state index in [1.807, 2.05) is 0 Å². The van der Waals surface area contributed by atoms with Gasteiger partial charge in [0.2, 0.25) is 0 Å². The fourth-order valence-corrected chi connectivity index (χ4v) is 1.23. The van der Waals surface area contributed by atoms with Gasteiger partial charge in [-0.2, -0.15) is 0 Å². The fraction of sp³-hybridized carbons (Fsp3) is 0.500. The minimum absolute atomic E-state index is 0.980. The summed E-state index contributed by atoms with van der Waals surface area (Å²) in [6.07, 6.45) is 21.5. The highest BCUT2D eigenvalue weighted by atomic mass is 13.9. The molecule has 0 amide bonds. The lowest BCUT2D eigenvalue weighted by atomic mass is 10.1. The van der Waals surface area contributed by atoms with Gasteiger partial charge in [-0.15, -0.1) is 0 Å². The topological polar surface area (TPSA) is 0 Å². The van der Waals surface area contributed by atoms with Crippen LogP contribution in [0.5, 0.6) is 0 Å². The van der Waals surface area contributed by atoms with E-state index < -0.39 is 0 Å². The third-order valence-corrected chi connectivity index (χ3v) is 1.95. The molecule has 1 aliphatic carbocycles. The average molecular weight is 161 g/mol. The van der Waals surface area contributed by atoms with E-state index in [4.69, 9.17) is 0 Å². The van der Waals surface area contributed by atoms with Crippen molar-refractivity contribution >= 4 is 0 Å². The van der Waals surface area contributed by atoms with Gasteiger partial charge < -0.3 is 0 Å². The maximum absolute atomic E-state index is 3.27. The summed E-state index contributed by atoms with van der Waals surface area (Å²) >= 11 is 0. The Morgan fingerprint density at radius 1 is 0.833 bits per heavy atom. The molecule has 0 saturated carbocycles. The normalized spacial score (nSPS) is 28.0. The van der Waals surface area contributed by atoms with Gasteiger partial charge in [-0.1, -0.05) is 30.4 Å². The molecule has 0 nitrogen and oxygen atoms in total. The van der Waals surface area contributed by atoms with E-state index in [0.29, 0.717) is 0 Å². The van der Waals surface area contributed by atoms with Gasteiger partial charge in [-0.25, -0.2) is 0 Å². The second kappa shape index (κ2) is 6.90. The lowest BCUT2D eigenvalue weighted by Crippen LogP contribution is -1.74. The number of hydrogen-bond acceptors (Lipinski definition) is 0. The largest absolute Gasteiger partial charge is 0.0882 e. The summed E-state index contributed by atoms with van der Waals surface area (Å²) < 4.78 is 0. The molecule has 1 aliphatic rings. The molecule has 0 bridgehead atoms. The van der Waals surface area contributed by atoms with Crippen molar-refractivity contribution in [2.75, 3.05) is 0 Å². The molecule has 0 atom stereocenters. The predicted octanol–water partition coefficient (Wildman–Crippen LogP) is 3.81. The van der Waals surface area contributed by atoms with E-state index in [9.17, 15) is 0 Å². The molecule has 12 heavy (non-hydrogen) atoms. The summed E-state index contributed by atoms with van der Waals surface area (Å²) in [4.78, 5) is 0. The van der Waals surface area contributed by atoms with Gasteiger partial charge in [0.15, 0.2) is 0 Å². The Hall–Kier alpha value is -0.780. The zero-order valence-electron chi connectivity index (χ0n) is 7.63. The van der Waals surface area contributed by atoms with Crippen LogP contribution in [0.2, 0.25) is 0 Å². The molecule has 0 aliphatic heterocycles. The fourth-order valence-electron chi connectivity index (χ4n) is 1.23. The predicted molar refractivity (Wildman–Crippen MR) is 53.8 cm³/mol. The van der Waals surface area contributed by atoms with Crippen LogP contribution in [0, 0.1) is 6.08 Å². The Morgan fingerprint density at radius 3 is 2.67 bits per heavy atom. The van der Waals surface area contributed by atoms with Gasteiger partial charge in [0, 0.05) is 0 Å². The van der Waals surface area contributed by atoms with E-state index in [2.05, 4.69) is 36.5 Å².